The van der Waals surface area contributed by atoms with Crippen LogP contribution >= 0.6 is 11.6 Å². The van der Waals surface area contributed by atoms with E-state index in [0.717, 1.165) is 5.56 Å². The molecule has 1 amide bonds. The number of amides is 1. The van der Waals surface area contributed by atoms with Gasteiger partial charge in [0.05, 0.1) is 0 Å². The zero-order valence-corrected chi connectivity index (χ0v) is 10.7. The number of benzene rings is 1. The summed E-state index contributed by atoms with van der Waals surface area (Å²) in [6, 6.07) is 7.60. The summed E-state index contributed by atoms with van der Waals surface area (Å²) in [4.78, 5) is 11.7. The monoisotopic (exact) mass is 251 g/mol. The molecule has 1 saturated carbocycles. The van der Waals surface area contributed by atoms with E-state index in [4.69, 9.17) is 11.6 Å². The van der Waals surface area contributed by atoms with Gasteiger partial charge >= 0.3 is 0 Å². The van der Waals surface area contributed by atoms with E-state index >= 15 is 0 Å². The Morgan fingerprint density at radius 2 is 2.12 bits per heavy atom. The summed E-state index contributed by atoms with van der Waals surface area (Å²) in [5.74, 6) is 0.770. The molecule has 0 unspecified atom stereocenters. The van der Waals surface area contributed by atoms with Crippen molar-refractivity contribution in [3.63, 3.8) is 0 Å². The number of hydrogen-bond donors (Lipinski definition) is 1. The molecule has 1 N–H and O–H groups in total. The lowest BCUT2D eigenvalue weighted by Crippen LogP contribution is -2.24. The molecule has 0 saturated heterocycles. The molecule has 1 aliphatic rings. The molecule has 0 atom stereocenters. The largest absolute Gasteiger partial charge is 0.352 e. The van der Waals surface area contributed by atoms with E-state index in [1.54, 1.807) is 0 Å². The Hall–Kier alpha value is -1.02. The van der Waals surface area contributed by atoms with Crippen molar-refractivity contribution in [1.29, 1.82) is 0 Å². The van der Waals surface area contributed by atoms with Crippen LogP contribution in [0.2, 0.25) is 5.02 Å². The van der Waals surface area contributed by atoms with E-state index in [0.29, 0.717) is 23.9 Å². The van der Waals surface area contributed by atoms with Crippen LogP contribution < -0.4 is 5.32 Å². The number of halogens is 1. The molecule has 0 radical (unpaired) electrons. The average Bonchev–Trinajstić information content (AvgIpc) is 2.79. The molecule has 2 nitrogen and oxygen atoms in total. The third-order valence-electron chi connectivity index (χ3n) is 3.33. The van der Waals surface area contributed by atoms with Crippen molar-refractivity contribution >= 4 is 17.5 Å². The summed E-state index contributed by atoms with van der Waals surface area (Å²) >= 11 is 5.88. The lowest BCUT2D eigenvalue weighted by molar-refractivity contribution is -0.122. The van der Waals surface area contributed by atoms with Crippen LogP contribution in [0.25, 0.3) is 0 Å². The van der Waals surface area contributed by atoms with Crippen molar-refractivity contribution in [2.75, 3.05) is 0 Å². The molecule has 2 rings (SSSR count). The van der Waals surface area contributed by atoms with Crippen molar-refractivity contribution in [3.05, 3.63) is 34.9 Å². The van der Waals surface area contributed by atoms with Crippen LogP contribution in [0.4, 0.5) is 0 Å². The summed E-state index contributed by atoms with van der Waals surface area (Å²) in [5, 5.41) is 3.67. The standard InChI is InChI=1S/C14H18ClNO/c15-13-7-3-6-12(8-13)10-16-14(17)9-11-4-1-2-5-11/h3,6-8,11H,1-2,4-5,9-10H2,(H,16,17). The lowest BCUT2D eigenvalue weighted by Gasteiger charge is -2.09. The quantitative estimate of drug-likeness (QED) is 0.871. The van der Waals surface area contributed by atoms with Crippen molar-refractivity contribution < 1.29 is 4.79 Å². The van der Waals surface area contributed by atoms with Gasteiger partial charge in [0.15, 0.2) is 0 Å². The van der Waals surface area contributed by atoms with Gasteiger partial charge in [-0.3, -0.25) is 4.79 Å². The van der Waals surface area contributed by atoms with E-state index in [1.807, 2.05) is 24.3 Å². The van der Waals surface area contributed by atoms with Crippen molar-refractivity contribution in [3.8, 4) is 0 Å². The molecule has 1 aromatic rings. The van der Waals surface area contributed by atoms with Crippen LogP contribution in [0.3, 0.4) is 0 Å². The fraction of sp³-hybridized carbons (Fsp3) is 0.500. The first kappa shape index (κ1) is 12.4. The van der Waals surface area contributed by atoms with Crippen LogP contribution in [0.15, 0.2) is 24.3 Å². The van der Waals surface area contributed by atoms with E-state index in [1.165, 1.54) is 25.7 Å². The van der Waals surface area contributed by atoms with E-state index in [-0.39, 0.29) is 5.91 Å². The maximum Gasteiger partial charge on any atom is 0.220 e. The minimum Gasteiger partial charge on any atom is -0.352 e. The number of carbonyl (C=O) groups excluding carboxylic acids is 1. The maximum absolute atomic E-state index is 11.7. The van der Waals surface area contributed by atoms with Gasteiger partial charge in [0.2, 0.25) is 5.91 Å². The van der Waals surface area contributed by atoms with Gasteiger partial charge in [0.25, 0.3) is 0 Å². The third kappa shape index (κ3) is 4.04. The molecule has 0 heterocycles. The molecule has 0 spiro atoms. The van der Waals surface area contributed by atoms with Crippen LogP contribution in [0.5, 0.6) is 0 Å². The van der Waals surface area contributed by atoms with Crippen molar-refractivity contribution in [2.24, 2.45) is 5.92 Å². The molecule has 0 aliphatic heterocycles. The summed E-state index contributed by atoms with van der Waals surface area (Å²) in [6.45, 7) is 0.576. The molecule has 1 fully saturated rings. The number of hydrogen-bond acceptors (Lipinski definition) is 1. The van der Waals surface area contributed by atoms with Crippen LogP contribution in [0.1, 0.15) is 37.7 Å². The molecule has 1 aromatic carbocycles. The van der Waals surface area contributed by atoms with E-state index < -0.39 is 0 Å². The smallest absolute Gasteiger partial charge is 0.220 e. The zero-order valence-electron chi connectivity index (χ0n) is 9.92. The molecule has 0 bridgehead atoms. The SMILES string of the molecule is O=C(CC1CCCC1)NCc1cccc(Cl)c1. The second-order valence-electron chi connectivity index (χ2n) is 4.76. The van der Waals surface area contributed by atoms with Gasteiger partial charge in [-0.15, -0.1) is 0 Å². The fourth-order valence-corrected chi connectivity index (χ4v) is 2.61. The van der Waals surface area contributed by atoms with Gasteiger partial charge < -0.3 is 5.32 Å². The number of rotatable bonds is 4. The predicted octanol–water partition coefficient (Wildman–Crippen LogP) is 3.54. The van der Waals surface area contributed by atoms with Gasteiger partial charge in [-0.05, 0) is 36.5 Å². The van der Waals surface area contributed by atoms with Gasteiger partial charge in [-0.1, -0.05) is 36.6 Å². The number of nitrogens with one attached hydrogen (secondary N) is 1. The zero-order chi connectivity index (χ0) is 12.1. The summed E-state index contributed by atoms with van der Waals surface area (Å²) in [7, 11) is 0. The first-order valence-corrected chi connectivity index (χ1v) is 6.63. The third-order valence-corrected chi connectivity index (χ3v) is 3.56. The first-order valence-electron chi connectivity index (χ1n) is 6.25. The highest BCUT2D eigenvalue weighted by molar-refractivity contribution is 6.30. The Labute approximate surface area is 107 Å². The second-order valence-corrected chi connectivity index (χ2v) is 5.20. The van der Waals surface area contributed by atoms with Crippen LogP contribution in [0, 0.1) is 5.92 Å². The molecule has 1 aliphatic carbocycles. The summed E-state index contributed by atoms with van der Waals surface area (Å²) < 4.78 is 0. The Bertz CT molecular complexity index is 386. The highest BCUT2D eigenvalue weighted by Gasteiger charge is 2.17. The van der Waals surface area contributed by atoms with E-state index in [9.17, 15) is 4.79 Å². The normalized spacial score (nSPS) is 16.1. The number of carbonyl (C=O) groups is 1. The van der Waals surface area contributed by atoms with Gasteiger partial charge in [-0.25, -0.2) is 0 Å². The molecule has 3 heteroatoms. The maximum atomic E-state index is 11.7. The highest BCUT2D eigenvalue weighted by atomic mass is 35.5. The predicted molar refractivity (Wildman–Crippen MR) is 69.9 cm³/mol. The average molecular weight is 252 g/mol. The van der Waals surface area contributed by atoms with Gasteiger partial charge in [0, 0.05) is 18.0 Å². The van der Waals surface area contributed by atoms with Crippen LogP contribution in [-0.2, 0) is 11.3 Å². The van der Waals surface area contributed by atoms with Gasteiger partial charge in [0.1, 0.15) is 0 Å². The second kappa shape index (κ2) is 6.06. The summed E-state index contributed by atoms with van der Waals surface area (Å²) in [5.41, 5.74) is 1.05. The minimum atomic E-state index is 0.164. The minimum absolute atomic E-state index is 0.164. The van der Waals surface area contributed by atoms with Crippen LogP contribution in [-0.4, -0.2) is 5.91 Å². The first-order chi connectivity index (χ1) is 8.24. The molecular weight excluding hydrogens is 234 g/mol. The summed E-state index contributed by atoms with van der Waals surface area (Å²) in [6.07, 6.45) is 5.67. The highest BCUT2D eigenvalue weighted by Crippen LogP contribution is 2.27. The van der Waals surface area contributed by atoms with Crippen molar-refractivity contribution in [2.45, 2.75) is 38.6 Å². The van der Waals surface area contributed by atoms with Crippen molar-refractivity contribution in [1.82, 2.24) is 5.32 Å². The lowest BCUT2D eigenvalue weighted by atomic mass is 10.0. The molecular formula is C14H18ClNO. The fourth-order valence-electron chi connectivity index (χ4n) is 2.40. The molecule has 0 aromatic heterocycles. The Kier molecular flexibility index (Phi) is 4.43. The Morgan fingerprint density at radius 3 is 2.82 bits per heavy atom. The Morgan fingerprint density at radius 1 is 1.35 bits per heavy atom. The van der Waals surface area contributed by atoms with E-state index in [2.05, 4.69) is 5.32 Å². The Balaban J connectivity index is 1.75. The molecule has 92 valence electrons. The van der Waals surface area contributed by atoms with Gasteiger partial charge in [-0.2, -0.15) is 0 Å². The molecule has 17 heavy (non-hydrogen) atoms. The topological polar surface area (TPSA) is 29.1 Å².